The van der Waals surface area contributed by atoms with Gasteiger partial charge in [0.05, 0.1) is 11.0 Å². The Labute approximate surface area is 121 Å². The number of nitro benzene ring substituents is 1. The van der Waals surface area contributed by atoms with Crippen molar-refractivity contribution in [3.05, 3.63) is 34.1 Å². The van der Waals surface area contributed by atoms with Crippen molar-refractivity contribution in [1.29, 1.82) is 0 Å². The molecule has 0 saturated carbocycles. The summed E-state index contributed by atoms with van der Waals surface area (Å²) in [5.74, 6) is -0.829. The van der Waals surface area contributed by atoms with Crippen molar-refractivity contribution >= 4 is 15.7 Å². The van der Waals surface area contributed by atoms with Gasteiger partial charge in [0.15, 0.2) is 4.90 Å². The molecule has 1 heterocycles. The lowest BCUT2D eigenvalue weighted by Gasteiger charge is -2.20. The Morgan fingerprint density at radius 3 is 2.71 bits per heavy atom. The predicted octanol–water partition coefficient (Wildman–Crippen LogP) is 1.09. The zero-order chi connectivity index (χ0) is 15.8. The third-order valence-electron chi connectivity index (χ3n) is 3.64. The molecule has 1 saturated heterocycles. The van der Waals surface area contributed by atoms with Gasteiger partial charge in [-0.3, -0.25) is 10.1 Å². The maximum atomic E-state index is 13.1. The SMILES string of the molecule is CC1CC(CN)CN1S(=O)(=O)c1ccc(F)cc1[N+](=O)[O-]. The summed E-state index contributed by atoms with van der Waals surface area (Å²) in [6.07, 6.45) is 0.602. The molecule has 0 bridgehead atoms. The van der Waals surface area contributed by atoms with Crippen LogP contribution >= 0.6 is 0 Å². The van der Waals surface area contributed by atoms with E-state index in [0.29, 0.717) is 19.0 Å². The molecule has 7 nitrogen and oxygen atoms in total. The zero-order valence-electron chi connectivity index (χ0n) is 11.4. The Morgan fingerprint density at radius 2 is 2.19 bits per heavy atom. The lowest BCUT2D eigenvalue weighted by atomic mass is 10.1. The molecule has 2 unspecified atom stereocenters. The Kier molecular flexibility index (Phi) is 4.26. The molecular formula is C12H16FN3O4S. The summed E-state index contributed by atoms with van der Waals surface area (Å²) in [5, 5.41) is 11.0. The summed E-state index contributed by atoms with van der Waals surface area (Å²) in [7, 11) is -4.05. The molecule has 116 valence electrons. The van der Waals surface area contributed by atoms with Crippen LogP contribution in [-0.4, -0.2) is 36.8 Å². The van der Waals surface area contributed by atoms with Gasteiger partial charge in [-0.2, -0.15) is 4.31 Å². The number of benzene rings is 1. The van der Waals surface area contributed by atoms with E-state index in [1.165, 1.54) is 4.31 Å². The zero-order valence-corrected chi connectivity index (χ0v) is 12.2. The number of nitrogens with zero attached hydrogens (tertiary/aromatic N) is 2. The van der Waals surface area contributed by atoms with Gasteiger partial charge in [-0.15, -0.1) is 0 Å². The minimum atomic E-state index is -4.05. The second-order valence-corrected chi connectivity index (χ2v) is 6.99. The van der Waals surface area contributed by atoms with Crippen LogP contribution in [-0.2, 0) is 10.0 Å². The molecule has 1 fully saturated rings. The molecule has 0 aromatic heterocycles. The first kappa shape index (κ1) is 15.8. The molecule has 21 heavy (non-hydrogen) atoms. The van der Waals surface area contributed by atoms with Crippen LogP contribution in [0.1, 0.15) is 13.3 Å². The predicted molar refractivity (Wildman–Crippen MR) is 73.6 cm³/mol. The summed E-state index contributed by atoms with van der Waals surface area (Å²) in [6.45, 7) is 2.29. The number of nitrogens with two attached hydrogens (primary N) is 1. The Bertz CT molecular complexity index is 664. The third-order valence-corrected chi connectivity index (χ3v) is 5.67. The lowest BCUT2D eigenvalue weighted by molar-refractivity contribution is -0.388. The van der Waals surface area contributed by atoms with Crippen molar-refractivity contribution in [1.82, 2.24) is 4.31 Å². The van der Waals surface area contributed by atoms with E-state index in [4.69, 9.17) is 5.73 Å². The molecule has 0 spiro atoms. The van der Waals surface area contributed by atoms with Crippen LogP contribution in [0.5, 0.6) is 0 Å². The molecule has 1 aliphatic heterocycles. The van der Waals surface area contributed by atoms with E-state index in [1.807, 2.05) is 0 Å². The van der Waals surface area contributed by atoms with Crippen molar-refractivity contribution < 1.29 is 17.7 Å². The highest BCUT2D eigenvalue weighted by molar-refractivity contribution is 7.89. The van der Waals surface area contributed by atoms with Gasteiger partial charge in [-0.1, -0.05) is 0 Å². The van der Waals surface area contributed by atoms with Gasteiger partial charge >= 0.3 is 0 Å². The van der Waals surface area contributed by atoms with Crippen LogP contribution in [0.25, 0.3) is 0 Å². The van der Waals surface area contributed by atoms with Crippen molar-refractivity contribution in [2.45, 2.75) is 24.3 Å². The second-order valence-electron chi connectivity index (χ2n) is 5.13. The van der Waals surface area contributed by atoms with Gasteiger partial charge in [-0.25, -0.2) is 12.8 Å². The normalized spacial score (nSPS) is 23.4. The van der Waals surface area contributed by atoms with Gasteiger partial charge in [0.25, 0.3) is 5.69 Å². The first-order valence-electron chi connectivity index (χ1n) is 6.43. The topological polar surface area (TPSA) is 107 Å². The van der Waals surface area contributed by atoms with Gasteiger partial charge in [0.1, 0.15) is 5.82 Å². The maximum absolute atomic E-state index is 13.1. The highest BCUT2D eigenvalue weighted by Gasteiger charge is 2.40. The fourth-order valence-corrected chi connectivity index (χ4v) is 4.45. The minimum Gasteiger partial charge on any atom is -0.330 e. The molecule has 9 heteroatoms. The molecule has 0 radical (unpaired) electrons. The van der Waals surface area contributed by atoms with Gasteiger partial charge in [0.2, 0.25) is 10.0 Å². The highest BCUT2D eigenvalue weighted by atomic mass is 32.2. The van der Waals surface area contributed by atoms with Crippen LogP contribution in [0.4, 0.5) is 10.1 Å². The number of hydrogen-bond donors (Lipinski definition) is 1. The monoisotopic (exact) mass is 317 g/mol. The Balaban J connectivity index is 2.48. The Hall–Kier alpha value is -1.58. The molecule has 2 rings (SSSR count). The molecule has 1 aromatic carbocycles. The van der Waals surface area contributed by atoms with E-state index in [1.54, 1.807) is 6.92 Å². The van der Waals surface area contributed by atoms with E-state index >= 15 is 0 Å². The quantitative estimate of drug-likeness (QED) is 0.661. The molecule has 1 aromatic rings. The summed E-state index contributed by atoms with van der Waals surface area (Å²) in [6, 6.07) is 2.16. The second kappa shape index (κ2) is 5.66. The largest absolute Gasteiger partial charge is 0.330 e. The molecule has 2 N–H and O–H groups in total. The van der Waals surface area contributed by atoms with E-state index in [-0.39, 0.29) is 18.5 Å². The molecule has 0 aliphatic carbocycles. The molecule has 1 aliphatic rings. The van der Waals surface area contributed by atoms with E-state index in [2.05, 4.69) is 0 Å². The van der Waals surface area contributed by atoms with E-state index < -0.39 is 31.3 Å². The number of nitro groups is 1. The summed E-state index contributed by atoms with van der Waals surface area (Å²) in [5.41, 5.74) is 4.81. The molecular weight excluding hydrogens is 301 g/mol. The number of halogens is 1. The van der Waals surface area contributed by atoms with Crippen LogP contribution in [0, 0.1) is 21.8 Å². The first-order valence-corrected chi connectivity index (χ1v) is 7.87. The Morgan fingerprint density at radius 1 is 1.52 bits per heavy atom. The summed E-state index contributed by atoms with van der Waals surface area (Å²) < 4.78 is 39.5. The third kappa shape index (κ3) is 2.89. The fraction of sp³-hybridized carbons (Fsp3) is 0.500. The van der Waals surface area contributed by atoms with Crippen molar-refractivity contribution in [3.63, 3.8) is 0 Å². The number of sulfonamides is 1. The summed E-state index contributed by atoms with van der Waals surface area (Å²) >= 11 is 0. The average Bonchev–Trinajstić information content (AvgIpc) is 2.80. The number of rotatable bonds is 4. The van der Waals surface area contributed by atoms with E-state index in [0.717, 1.165) is 12.1 Å². The van der Waals surface area contributed by atoms with Gasteiger partial charge in [0, 0.05) is 12.6 Å². The van der Waals surface area contributed by atoms with Crippen LogP contribution < -0.4 is 5.73 Å². The van der Waals surface area contributed by atoms with Gasteiger partial charge in [-0.05, 0) is 37.9 Å². The van der Waals surface area contributed by atoms with Crippen LogP contribution in [0.15, 0.2) is 23.1 Å². The maximum Gasteiger partial charge on any atom is 0.292 e. The first-order chi connectivity index (χ1) is 9.77. The standard InChI is InChI=1S/C12H16FN3O4S/c1-8-4-9(6-14)7-15(8)21(19,20)12-3-2-10(13)5-11(12)16(17)18/h2-3,5,8-9H,4,6-7,14H2,1H3. The van der Waals surface area contributed by atoms with Crippen LogP contribution in [0.3, 0.4) is 0 Å². The lowest BCUT2D eigenvalue weighted by Crippen LogP contribution is -2.34. The van der Waals surface area contributed by atoms with Crippen molar-refractivity contribution in [2.24, 2.45) is 11.7 Å². The summed E-state index contributed by atoms with van der Waals surface area (Å²) in [4.78, 5) is 9.59. The fourth-order valence-electron chi connectivity index (χ4n) is 2.59. The number of hydrogen-bond acceptors (Lipinski definition) is 5. The molecule has 0 amide bonds. The average molecular weight is 317 g/mol. The van der Waals surface area contributed by atoms with Crippen molar-refractivity contribution in [3.8, 4) is 0 Å². The highest BCUT2D eigenvalue weighted by Crippen LogP contribution is 2.33. The van der Waals surface area contributed by atoms with Crippen molar-refractivity contribution in [2.75, 3.05) is 13.1 Å². The van der Waals surface area contributed by atoms with Crippen LogP contribution in [0.2, 0.25) is 0 Å². The van der Waals surface area contributed by atoms with E-state index in [9.17, 15) is 22.9 Å². The minimum absolute atomic E-state index is 0.0225. The smallest absolute Gasteiger partial charge is 0.292 e. The van der Waals surface area contributed by atoms with Gasteiger partial charge < -0.3 is 5.73 Å². The molecule has 2 atom stereocenters.